The summed E-state index contributed by atoms with van der Waals surface area (Å²) in [5.74, 6) is -3.19. The Kier molecular flexibility index (Phi) is 5.51. The van der Waals surface area contributed by atoms with E-state index in [9.17, 15) is 19.8 Å². The number of H-pyrrole nitrogens is 1. The number of aromatic nitrogens is 1. The summed E-state index contributed by atoms with van der Waals surface area (Å²) in [6.45, 7) is 0.220. The zero-order valence-electron chi connectivity index (χ0n) is 16.1. The van der Waals surface area contributed by atoms with Crippen molar-refractivity contribution in [3.63, 3.8) is 0 Å². The molecule has 0 radical (unpaired) electrons. The van der Waals surface area contributed by atoms with E-state index in [2.05, 4.69) is 10.3 Å². The van der Waals surface area contributed by atoms with Crippen LogP contribution in [0.3, 0.4) is 0 Å². The number of rotatable bonds is 5. The van der Waals surface area contributed by atoms with Crippen LogP contribution in [0.5, 0.6) is 0 Å². The van der Waals surface area contributed by atoms with E-state index in [1.807, 2.05) is 30.3 Å². The highest BCUT2D eigenvalue weighted by atomic mass is 35.5. The van der Waals surface area contributed by atoms with Gasteiger partial charge in [0.1, 0.15) is 11.7 Å². The Bertz CT molecular complexity index is 1080. The van der Waals surface area contributed by atoms with Crippen molar-refractivity contribution in [3.05, 3.63) is 70.9 Å². The number of halogens is 1. The molecule has 3 aromatic rings. The van der Waals surface area contributed by atoms with E-state index in [1.54, 1.807) is 24.3 Å². The van der Waals surface area contributed by atoms with Crippen LogP contribution in [-0.4, -0.2) is 50.4 Å². The molecule has 30 heavy (non-hydrogen) atoms. The zero-order valence-corrected chi connectivity index (χ0v) is 16.9. The number of nitrogens with one attached hydrogen (secondary N) is 2. The fourth-order valence-corrected chi connectivity index (χ4v) is 3.96. The topological polar surface area (TPSA) is 106 Å². The first-order chi connectivity index (χ1) is 14.3. The molecule has 0 bridgehead atoms. The number of hydrogen-bond donors (Lipinski definition) is 4. The zero-order chi connectivity index (χ0) is 21.3. The first-order valence-electron chi connectivity index (χ1n) is 9.73. The first kappa shape index (κ1) is 20.4. The third-order valence-electron chi connectivity index (χ3n) is 5.31. The number of amides is 2. The van der Waals surface area contributed by atoms with Crippen LogP contribution in [0, 0.1) is 0 Å². The highest BCUT2D eigenvalue weighted by molar-refractivity contribution is 6.31. The lowest BCUT2D eigenvalue weighted by Crippen LogP contribution is -2.55. The Morgan fingerprint density at radius 2 is 1.93 bits per heavy atom. The van der Waals surface area contributed by atoms with Crippen LogP contribution in [0.25, 0.3) is 10.9 Å². The van der Waals surface area contributed by atoms with Gasteiger partial charge in [-0.2, -0.15) is 0 Å². The maximum Gasteiger partial charge on any atom is 0.268 e. The summed E-state index contributed by atoms with van der Waals surface area (Å²) in [4.78, 5) is 30.1. The van der Waals surface area contributed by atoms with E-state index in [0.717, 1.165) is 21.4 Å². The minimum Gasteiger partial charge on any atom is -0.351 e. The van der Waals surface area contributed by atoms with Crippen LogP contribution in [-0.2, 0) is 11.2 Å². The third-order valence-corrected chi connectivity index (χ3v) is 5.54. The molecule has 0 unspecified atom stereocenters. The van der Waals surface area contributed by atoms with Gasteiger partial charge in [0.05, 0.1) is 0 Å². The van der Waals surface area contributed by atoms with Crippen molar-refractivity contribution in [3.8, 4) is 0 Å². The van der Waals surface area contributed by atoms with Gasteiger partial charge in [-0.25, -0.2) is 0 Å². The second-order valence-electron chi connectivity index (χ2n) is 7.50. The minimum atomic E-state index is -2.20. The number of aromatic amines is 1. The Labute approximate surface area is 178 Å². The number of benzene rings is 2. The molecule has 1 atom stereocenters. The molecular weight excluding hydrogens is 406 g/mol. The lowest BCUT2D eigenvalue weighted by atomic mass is 10.0. The molecular formula is C22H22ClN3O4. The summed E-state index contributed by atoms with van der Waals surface area (Å²) in [5.41, 5.74) is 1.89. The number of carbonyl (C=O) groups is 2. The number of nitrogens with zero attached hydrogens (tertiary/aromatic N) is 1. The van der Waals surface area contributed by atoms with E-state index in [-0.39, 0.29) is 19.4 Å². The van der Waals surface area contributed by atoms with E-state index in [4.69, 9.17) is 11.6 Å². The smallest absolute Gasteiger partial charge is 0.268 e. The summed E-state index contributed by atoms with van der Waals surface area (Å²) < 4.78 is 0. The van der Waals surface area contributed by atoms with Gasteiger partial charge in [0.15, 0.2) is 0 Å². The van der Waals surface area contributed by atoms with Crippen LogP contribution < -0.4 is 5.32 Å². The van der Waals surface area contributed by atoms with Gasteiger partial charge in [0.25, 0.3) is 5.91 Å². The molecule has 2 aromatic carbocycles. The second-order valence-corrected chi connectivity index (χ2v) is 7.93. The molecule has 1 aliphatic heterocycles. The Morgan fingerprint density at radius 1 is 1.17 bits per heavy atom. The van der Waals surface area contributed by atoms with E-state index in [0.29, 0.717) is 17.1 Å². The highest BCUT2D eigenvalue weighted by Gasteiger charge is 2.43. The van der Waals surface area contributed by atoms with Crippen molar-refractivity contribution >= 4 is 34.3 Å². The number of likely N-dealkylation sites (tertiary alicyclic amines) is 1. The molecule has 0 aliphatic carbocycles. The number of aliphatic hydroxyl groups is 2. The van der Waals surface area contributed by atoms with Crippen molar-refractivity contribution in [1.29, 1.82) is 0 Å². The Morgan fingerprint density at radius 3 is 2.63 bits per heavy atom. The van der Waals surface area contributed by atoms with Crippen LogP contribution in [0.2, 0.25) is 5.02 Å². The second kappa shape index (κ2) is 8.10. The molecule has 8 heteroatoms. The molecule has 2 heterocycles. The molecule has 0 spiro atoms. The van der Waals surface area contributed by atoms with Gasteiger partial charge in [-0.3, -0.25) is 14.5 Å². The Balaban J connectivity index is 1.59. The summed E-state index contributed by atoms with van der Waals surface area (Å²) in [5, 5.41) is 24.4. The van der Waals surface area contributed by atoms with E-state index < -0.39 is 23.8 Å². The molecule has 4 N–H and O–H groups in total. The fraction of sp³-hybridized carbons (Fsp3) is 0.273. The van der Waals surface area contributed by atoms with Gasteiger partial charge in [0.2, 0.25) is 11.8 Å². The molecule has 1 saturated heterocycles. The van der Waals surface area contributed by atoms with Crippen molar-refractivity contribution < 1.29 is 19.8 Å². The predicted octanol–water partition coefficient (Wildman–Crippen LogP) is 2.42. The number of carbonyl (C=O) groups excluding carboxylic acids is 2. The molecule has 2 amide bonds. The molecule has 1 fully saturated rings. The largest absolute Gasteiger partial charge is 0.351 e. The Hall–Kier alpha value is -2.87. The van der Waals surface area contributed by atoms with E-state index in [1.165, 1.54) is 0 Å². The monoisotopic (exact) mass is 427 g/mol. The SMILES string of the molecule is O=C(N[C@@H](Cc1ccccc1)C(=O)N1CCCC1(O)O)c1cc2cc(Cl)ccc2[nH]1. The normalized spacial score (nSPS) is 16.6. The quantitative estimate of drug-likeness (QED) is 0.469. The van der Waals surface area contributed by atoms with Crippen molar-refractivity contribution in [2.75, 3.05) is 6.54 Å². The van der Waals surface area contributed by atoms with Crippen molar-refractivity contribution in [1.82, 2.24) is 15.2 Å². The number of fused-ring (bicyclic) bond motifs is 1. The lowest BCUT2D eigenvalue weighted by Gasteiger charge is -2.31. The summed E-state index contributed by atoms with van der Waals surface area (Å²) in [6, 6.07) is 15.2. The average molecular weight is 428 g/mol. The third kappa shape index (κ3) is 4.18. The average Bonchev–Trinajstić information content (AvgIpc) is 3.29. The predicted molar refractivity (Wildman–Crippen MR) is 113 cm³/mol. The van der Waals surface area contributed by atoms with Gasteiger partial charge < -0.3 is 20.5 Å². The standard InChI is InChI=1S/C22H22ClN3O4/c23-16-7-8-17-15(12-16)13-18(24-17)20(27)25-19(11-14-5-2-1-3-6-14)21(28)26-10-4-9-22(26,29)30/h1-3,5-8,12-13,19,24,29-30H,4,9-11H2,(H,25,27)/t19-/m0/s1. The van der Waals surface area contributed by atoms with Gasteiger partial charge in [0, 0.05) is 35.3 Å². The molecule has 1 aliphatic rings. The molecule has 1 aromatic heterocycles. The summed E-state index contributed by atoms with van der Waals surface area (Å²) in [7, 11) is 0. The van der Waals surface area contributed by atoms with Crippen LogP contribution >= 0.6 is 11.6 Å². The van der Waals surface area contributed by atoms with Gasteiger partial charge >= 0.3 is 0 Å². The lowest BCUT2D eigenvalue weighted by molar-refractivity contribution is -0.240. The fourth-order valence-electron chi connectivity index (χ4n) is 3.77. The van der Waals surface area contributed by atoms with Gasteiger partial charge in [-0.05, 0) is 36.2 Å². The minimum absolute atomic E-state index is 0.0769. The van der Waals surface area contributed by atoms with Crippen LogP contribution in [0.1, 0.15) is 28.9 Å². The van der Waals surface area contributed by atoms with Crippen LogP contribution in [0.4, 0.5) is 0 Å². The number of hydrogen-bond acceptors (Lipinski definition) is 4. The first-order valence-corrected chi connectivity index (χ1v) is 10.1. The van der Waals surface area contributed by atoms with Crippen molar-refractivity contribution in [2.24, 2.45) is 0 Å². The maximum atomic E-state index is 13.1. The van der Waals surface area contributed by atoms with E-state index >= 15 is 0 Å². The van der Waals surface area contributed by atoms with Gasteiger partial charge in [-0.15, -0.1) is 0 Å². The van der Waals surface area contributed by atoms with Crippen LogP contribution in [0.15, 0.2) is 54.6 Å². The van der Waals surface area contributed by atoms with Gasteiger partial charge in [-0.1, -0.05) is 41.9 Å². The van der Waals surface area contributed by atoms with Crippen molar-refractivity contribution in [2.45, 2.75) is 31.2 Å². The summed E-state index contributed by atoms with van der Waals surface area (Å²) >= 11 is 6.01. The molecule has 0 saturated carbocycles. The molecule has 4 rings (SSSR count). The molecule has 156 valence electrons. The highest BCUT2D eigenvalue weighted by Crippen LogP contribution is 2.25. The maximum absolute atomic E-state index is 13.1. The molecule has 7 nitrogen and oxygen atoms in total. The summed E-state index contributed by atoms with van der Waals surface area (Å²) in [6.07, 6.45) is 0.783.